The van der Waals surface area contributed by atoms with Crippen molar-refractivity contribution in [2.45, 2.75) is 38.5 Å². The summed E-state index contributed by atoms with van der Waals surface area (Å²) in [6.07, 6.45) is 1.63. The number of nitrogens with zero attached hydrogens (tertiary/aromatic N) is 3. The molecule has 194 valence electrons. The number of rotatable bonds is 9. The van der Waals surface area contributed by atoms with Crippen LogP contribution in [0.4, 0.5) is 24.8 Å². The van der Waals surface area contributed by atoms with Gasteiger partial charge in [0, 0.05) is 24.2 Å². The van der Waals surface area contributed by atoms with Crippen LogP contribution in [0, 0.1) is 23.4 Å². The Hall–Kier alpha value is -3.31. The van der Waals surface area contributed by atoms with E-state index in [9.17, 15) is 13.0 Å². The predicted molar refractivity (Wildman–Crippen MR) is 142 cm³/mol. The zero-order valence-corrected chi connectivity index (χ0v) is 22.3. The van der Waals surface area contributed by atoms with E-state index >= 15 is 4.39 Å². The number of thiazole rings is 1. The van der Waals surface area contributed by atoms with Crippen molar-refractivity contribution in [1.29, 1.82) is 0 Å². The van der Waals surface area contributed by atoms with Gasteiger partial charge in [0.2, 0.25) is 5.95 Å². The number of benzene rings is 2. The molecule has 0 spiro atoms. The van der Waals surface area contributed by atoms with Crippen LogP contribution in [-0.4, -0.2) is 25.7 Å². The summed E-state index contributed by atoms with van der Waals surface area (Å²) in [5.74, 6) is -1.80. The molecule has 11 heteroatoms. The molecule has 0 radical (unpaired) electrons. The minimum atomic E-state index is -2.37. The van der Waals surface area contributed by atoms with Crippen molar-refractivity contribution in [2.75, 3.05) is 16.6 Å². The molecule has 0 saturated heterocycles. The van der Waals surface area contributed by atoms with Crippen LogP contribution in [0.15, 0.2) is 53.6 Å². The van der Waals surface area contributed by atoms with E-state index in [2.05, 4.69) is 33.9 Å². The normalized spacial score (nSPS) is 12.2. The summed E-state index contributed by atoms with van der Waals surface area (Å²) in [7, 11) is -2.37. The van der Waals surface area contributed by atoms with Gasteiger partial charge in [-0.25, -0.2) is 32.3 Å². The molecule has 2 aromatic carbocycles. The van der Waals surface area contributed by atoms with Gasteiger partial charge in [-0.1, -0.05) is 39.8 Å². The average molecular weight is 546 g/mol. The average Bonchev–Trinajstić information content (AvgIpc) is 3.30. The van der Waals surface area contributed by atoms with Gasteiger partial charge in [0.25, 0.3) is 0 Å². The molecule has 0 amide bonds. The van der Waals surface area contributed by atoms with Crippen LogP contribution in [0.25, 0.3) is 21.8 Å². The smallest absolute Gasteiger partial charge is 0.223 e. The lowest BCUT2D eigenvalue weighted by atomic mass is 10.1. The van der Waals surface area contributed by atoms with Crippen LogP contribution in [0.1, 0.15) is 38.6 Å². The summed E-state index contributed by atoms with van der Waals surface area (Å²) < 4.78 is 59.1. The molecule has 0 bridgehead atoms. The van der Waals surface area contributed by atoms with E-state index in [-0.39, 0.29) is 17.2 Å². The molecule has 0 saturated carbocycles. The van der Waals surface area contributed by atoms with Crippen LogP contribution < -0.4 is 10.0 Å². The van der Waals surface area contributed by atoms with Crippen molar-refractivity contribution in [3.63, 3.8) is 0 Å². The Kier molecular flexibility index (Phi) is 8.23. The second-order valence-electron chi connectivity index (χ2n) is 9.01. The lowest BCUT2D eigenvalue weighted by molar-refractivity contribution is 0.535. The number of hydrogen-bond donors (Lipinski definition) is 2. The highest BCUT2D eigenvalue weighted by atomic mass is 32.2. The fraction of sp³-hybridized carbons (Fsp3) is 0.269. The molecule has 1 atom stereocenters. The molecular weight excluding hydrogens is 519 g/mol. The van der Waals surface area contributed by atoms with Gasteiger partial charge >= 0.3 is 0 Å². The van der Waals surface area contributed by atoms with Crippen molar-refractivity contribution >= 4 is 34.0 Å². The van der Waals surface area contributed by atoms with Gasteiger partial charge in [0.05, 0.1) is 27.0 Å². The van der Waals surface area contributed by atoms with Crippen LogP contribution >= 0.6 is 11.3 Å². The van der Waals surface area contributed by atoms with E-state index in [0.717, 1.165) is 17.1 Å². The minimum absolute atomic E-state index is 0.0822. The molecule has 4 rings (SSSR count). The highest BCUT2D eigenvalue weighted by Gasteiger charge is 2.23. The van der Waals surface area contributed by atoms with Crippen molar-refractivity contribution in [3.05, 3.63) is 71.1 Å². The van der Waals surface area contributed by atoms with E-state index in [4.69, 9.17) is 4.98 Å². The zero-order valence-electron chi connectivity index (χ0n) is 20.7. The molecule has 6 nitrogen and oxygen atoms in total. The molecule has 0 aliphatic heterocycles. The fourth-order valence-electron chi connectivity index (χ4n) is 3.41. The van der Waals surface area contributed by atoms with Crippen molar-refractivity contribution in [2.24, 2.45) is 5.92 Å². The Labute approximate surface area is 220 Å². The maximum Gasteiger partial charge on any atom is 0.223 e. The zero-order chi connectivity index (χ0) is 26.7. The van der Waals surface area contributed by atoms with Crippen molar-refractivity contribution < 1.29 is 17.4 Å². The first kappa shape index (κ1) is 26.7. The Morgan fingerprint density at radius 1 is 0.973 bits per heavy atom. The van der Waals surface area contributed by atoms with Gasteiger partial charge in [0.15, 0.2) is 16.8 Å². The number of hydrogen-bond acceptors (Lipinski definition) is 6. The fourth-order valence-corrected chi connectivity index (χ4v) is 5.41. The van der Waals surface area contributed by atoms with Gasteiger partial charge < -0.3 is 5.32 Å². The van der Waals surface area contributed by atoms with E-state index in [1.54, 1.807) is 24.4 Å². The summed E-state index contributed by atoms with van der Waals surface area (Å²) in [4.78, 5) is 13.6. The Bertz CT molecular complexity index is 1420. The molecule has 4 aromatic rings. The molecule has 0 fully saturated rings. The molecule has 2 N–H and O–H groups in total. The monoisotopic (exact) mass is 545 g/mol. The van der Waals surface area contributed by atoms with E-state index in [1.165, 1.54) is 23.5 Å². The van der Waals surface area contributed by atoms with E-state index in [0.29, 0.717) is 34.7 Å². The predicted octanol–water partition coefficient (Wildman–Crippen LogP) is 7.01. The molecule has 2 heterocycles. The largest absolute Gasteiger partial charge is 0.354 e. The van der Waals surface area contributed by atoms with Crippen LogP contribution in [-0.2, 0) is 11.0 Å². The SMILES string of the molecule is CC(C)CNc1nccc(-c2sc(C(C)C)nc2-c2cccc(NS(=O)c3c(F)cccc3F)c2F)n1. The summed E-state index contributed by atoms with van der Waals surface area (Å²) in [6.45, 7) is 8.82. The summed E-state index contributed by atoms with van der Waals surface area (Å²) in [5, 5.41) is 3.98. The Morgan fingerprint density at radius 3 is 2.35 bits per heavy atom. The van der Waals surface area contributed by atoms with Crippen molar-refractivity contribution in [1.82, 2.24) is 15.0 Å². The molecular formula is C26H26F3N5OS2. The number of halogens is 3. The second kappa shape index (κ2) is 11.4. The summed E-state index contributed by atoms with van der Waals surface area (Å²) >= 11 is 1.40. The first-order valence-electron chi connectivity index (χ1n) is 11.6. The van der Waals surface area contributed by atoms with E-state index < -0.39 is 33.3 Å². The lowest BCUT2D eigenvalue weighted by Crippen LogP contribution is -2.11. The minimum Gasteiger partial charge on any atom is -0.354 e. The van der Waals surface area contributed by atoms with Crippen LogP contribution in [0.2, 0.25) is 0 Å². The topological polar surface area (TPSA) is 79.8 Å². The Morgan fingerprint density at radius 2 is 1.68 bits per heavy atom. The lowest BCUT2D eigenvalue weighted by Gasteiger charge is -2.12. The number of anilines is 2. The van der Waals surface area contributed by atoms with Gasteiger partial charge in [0.1, 0.15) is 16.5 Å². The second-order valence-corrected chi connectivity index (χ2v) is 11.2. The van der Waals surface area contributed by atoms with E-state index in [1.807, 2.05) is 13.8 Å². The van der Waals surface area contributed by atoms with Crippen LogP contribution in [0.5, 0.6) is 0 Å². The molecule has 0 aliphatic carbocycles. The van der Waals surface area contributed by atoms with Gasteiger partial charge in [-0.2, -0.15) is 0 Å². The molecule has 2 aromatic heterocycles. The standard InChI is InChI=1S/C26H26F3N5OS2/c1-14(2)13-31-26-30-12-11-20(32-26)23-22(33-25(36-23)15(3)4)16-7-5-10-19(21(16)29)34-37(35)24-17(27)8-6-9-18(24)28/h5-12,14-15,34H,13H2,1-4H3,(H,30,31,32). The molecule has 1 unspecified atom stereocenters. The summed E-state index contributed by atoms with van der Waals surface area (Å²) in [6, 6.07) is 9.34. The number of nitrogens with one attached hydrogen (secondary N) is 2. The third kappa shape index (κ3) is 5.99. The Balaban J connectivity index is 1.75. The van der Waals surface area contributed by atoms with Gasteiger partial charge in [-0.05, 0) is 36.2 Å². The summed E-state index contributed by atoms with van der Waals surface area (Å²) in [5.41, 5.74) is 0.914. The first-order valence-corrected chi connectivity index (χ1v) is 13.6. The molecule has 37 heavy (non-hydrogen) atoms. The van der Waals surface area contributed by atoms with Gasteiger partial charge in [-0.3, -0.25) is 4.72 Å². The molecule has 0 aliphatic rings. The van der Waals surface area contributed by atoms with Crippen LogP contribution in [0.3, 0.4) is 0 Å². The third-order valence-corrected chi connectivity index (χ3v) is 7.80. The van der Waals surface area contributed by atoms with Gasteiger partial charge in [-0.15, -0.1) is 11.3 Å². The quantitative estimate of drug-likeness (QED) is 0.237. The number of aromatic nitrogens is 3. The highest BCUT2D eigenvalue weighted by Crippen LogP contribution is 2.40. The highest BCUT2D eigenvalue weighted by molar-refractivity contribution is 7.86. The maximum absolute atomic E-state index is 15.8. The van der Waals surface area contributed by atoms with Crippen molar-refractivity contribution in [3.8, 4) is 21.8 Å². The first-order chi connectivity index (χ1) is 17.7. The maximum atomic E-state index is 15.8. The third-order valence-electron chi connectivity index (χ3n) is 5.26.